The second-order valence-corrected chi connectivity index (χ2v) is 5.73. The smallest absolute Gasteiger partial charge is 0.103 e. The molecule has 1 aliphatic carbocycles. The summed E-state index contributed by atoms with van der Waals surface area (Å²) in [4.78, 5) is 1.23. The van der Waals surface area contributed by atoms with Gasteiger partial charge in [-0.2, -0.15) is 5.10 Å². The standard InChI is InChI=1S/C13H15ClN2S/c14-9-11-8-12(13-6-3-7-17-13)15-16(11)10-4-1-2-5-10/h3,6-8,10H,1-2,4-5,9H2. The third-order valence-electron chi connectivity index (χ3n) is 3.39. The van der Waals surface area contributed by atoms with E-state index >= 15 is 0 Å². The van der Waals surface area contributed by atoms with Gasteiger partial charge in [0.1, 0.15) is 5.69 Å². The van der Waals surface area contributed by atoms with E-state index in [4.69, 9.17) is 16.7 Å². The second-order valence-electron chi connectivity index (χ2n) is 4.51. The highest BCUT2D eigenvalue weighted by atomic mass is 35.5. The van der Waals surface area contributed by atoms with E-state index in [2.05, 4.69) is 28.3 Å². The Morgan fingerprint density at radius 1 is 1.41 bits per heavy atom. The zero-order valence-electron chi connectivity index (χ0n) is 9.60. The van der Waals surface area contributed by atoms with Crippen molar-refractivity contribution in [3.8, 4) is 10.6 Å². The van der Waals surface area contributed by atoms with Gasteiger partial charge in [0.15, 0.2) is 0 Å². The van der Waals surface area contributed by atoms with E-state index in [0.29, 0.717) is 11.9 Å². The van der Waals surface area contributed by atoms with Crippen molar-refractivity contribution < 1.29 is 0 Å². The maximum Gasteiger partial charge on any atom is 0.103 e. The molecule has 0 amide bonds. The molecule has 0 atom stereocenters. The van der Waals surface area contributed by atoms with Crippen molar-refractivity contribution in [1.82, 2.24) is 9.78 Å². The molecule has 0 saturated heterocycles. The highest BCUT2D eigenvalue weighted by molar-refractivity contribution is 7.13. The Hall–Kier alpha value is -0.800. The number of aromatic nitrogens is 2. The fourth-order valence-electron chi connectivity index (χ4n) is 2.54. The van der Waals surface area contributed by atoms with Gasteiger partial charge in [-0.15, -0.1) is 22.9 Å². The van der Waals surface area contributed by atoms with Gasteiger partial charge >= 0.3 is 0 Å². The lowest BCUT2D eigenvalue weighted by molar-refractivity contribution is 0.456. The van der Waals surface area contributed by atoms with E-state index < -0.39 is 0 Å². The van der Waals surface area contributed by atoms with Gasteiger partial charge in [-0.25, -0.2) is 0 Å². The summed E-state index contributed by atoms with van der Waals surface area (Å²) in [5.41, 5.74) is 2.23. The zero-order chi connectivity index (χ0) is 11.7. The van der Waals surface area contributed by atoms with Crippen LogP contribution in [0.1, 0.15) is 37.4 Å². The number of hydrogen-bond acceptors (Lipinski definition) is 2. The van der Waals surface area contributed by atoms with Crippen LogP contribution in [-0.2, 0) is 5.88 Å². The summed E-state index contributed by atoms with van der Waals surface area (Å²) in [5, 5.41) is 6.84. The molecule has 0 bridgehead atoms. The monoisotopic (exact) mass is 266 g/mol. The first-order chi connectivity index (χ1) is 8.38. The number of nitrogens with zero attached hydrogens (tertiary/aromatic N) is 2. The number of hydrogen-bond donors (Lipinski definition) is 0. The first kappa shape index (κ1) is 11.3. The third-order valence-corrected chi connectivity index (χ3v) is 4.56. The number of alkyl halides is 1. The van der Waals surface area contributed by atoms with E-state index in [9.17, 15) is 0 Å². The molecule has 0 radical (unpaired) electrons. The van der Waals surface area contributed by atoms with Crippen LogP contribution in [0, 0.1) is 0 Å². The molecular formula is C13H15ClN2S. The van der Waals surface area contributed by atoms with Crippen LogP contribution >= 0.6 is 22.9 Å². The lowest BCUT2D eigenvalue weighted by Crippen LogP contribution is -2.09. The molecule has 4 heteroatoms. The first-order valence-corrected chi connectivity index (χ1v) is 7.48. The minimum atomic E-state index is 0.550. The van der Waals surface area contributed by atoms with Crippen molar-refractivity contribution in [3.05, 3.63) is 29.3 Å². The molecule has 1 fully saturated rings. The third kappa shape index (κ3) is 2.14. The van der Waals surface area contributed by atoms with Crippen molar-refractivity contribution in [1.29, 1.82) is 0 Å². The average Bonchev–Trinajstić information content (AvgIpc) is 3.09. The Labute approximate surface area is 110 Å². The lowest BCUT2D eigenvalue weighted by atomic mass is 10.2. The minimum Gasteiger partial charge on any atom is -0.265 e. The maximum absolute atomic E-state index is 6.03. The molecule has 2 aromatic rings. The van der Waals surface area contributed by atoms with E-state index in [1.165, 1.54) is 30.6 Å². The zero-order valence-corrected chi connectivity index (χ0v) is 11.2. The molecule has 17 heavy (non-hydrogen) atoms. The van der Waals surface area contributed by atoms with Gasteiger partial charge in [0.05, 0.1) is 22.5 Å². The molecule has 1 saturated carbocycles. The van der Waals surface area contributed by atoms with Crippen LogP contribution in [0.15, 0.2) is 23.6 Å². The van der Waals surface area contributed by atoms with E-state index in [1.807, 2.05) is 0 Å². The SMILES string of the molecule is ClCc1cc(-c2cccs2)nn1C1CCCC1. The summed E-state index contributed by atoms with van der Waals surface area (Å²) < 4.78 is 2.16. The molecule has 3 rings (SSSR count). The molecule has 1 aliphatic rings. The summed E-state index contributed by atoms with van der Waals surface area (Å²) in [5.74, 6) is 0.550. The Morgan fingerprint density at radius 3 is 2.88 bits per heavy atom. The lowest BCUT2D eigenvalue weighted by Gasteiger charge is -2.12. The second kappa shape index (κ2) is 4.83. The molecule has 2 aromatic heterocycles. The van der Waals surface area contributed by atoms with Crippen LogP contribution in [0.2, 0.25) is 0 Å². The van der Waals surface area contributed by atoms with Crippen molar-refractivity contribution in [2.45, 2.75) is 37.6 Å². The fourth-order valence-corrected chi connectivity index (χ4v) is 3.42. The topological polar surface area (TPSA) is 17.8 Å². The molecular weight excluding hydrogens is 252 g/mol. The molecule has 2 heterocycles. The van der Waals surface area contributed by atoms with Crippen LogP contribution in [0.3, 0.4) is 0 Å². The molecule has 90 valence electrons. The maximum atomic E-state index is 6.03. The molecule has 0 N–H and O–H groups in total. The summed E-state index contributed by atoms with van der Waals surface area (Å²) >= 11 is 7.76. The van der Waals surface area contributed by atoms with E-state index in [1.54, 1.807) is 11.3 Å². The van der Waals surface area contributed by atoms with Crippen molar-refractivity contribution >= 4 is 22.9 Å². The van der Waals surface area contributed by atoms with Crippen LogP contribution in [-0.4, -0.2) is 9.78 Å². The van der Waals surface area contributed by atoms with Crippen molar-refractivity contribution in [3.63, 3.8) is 0 Å². The van der Waals surface area contributed by atoms with Crippen LogP contribution in [0.4, 0.5) is 0 Å². The van der Waals surface area contributed by atoms with Gasteiger partial charge < -0.3 is 0 Å². The average molecular weight is 267 g/mol. The van der Waals surface area contributed by atoms with E-state index in [-0.39, 0.29) is 0 Å². The summed E-state index contributed by atoms with van der Waals surface area (Å²) in [6.07, 6.45) is 5.13. The van der Waals surface area contributed by atoms with E-state index in [0.717, 1.165) is 11.4 Å². The number of halogens is 1. The quantitative estimate of drug-likeness (QED) is 0.750. The van der Waals surface area contributed by atoms with Gasteiger partial charge in [0, 0.05) is 0 Å². The highest BCUT2D eigenvalue weighted by Gasteiger charge is 2.21. The largest absolute Gasteiger partial charge is 0.265 e. The molecule has 0 aromatic carbocycles. The first-order valence-electron chi connectivity index (χ1n) is 6.07. The van der Waals surface area contributed by atoms with Gasteiger partial charge in [0.2, 0.25) is 0 Å². The minimum absolute atomic E-state index is 0.550. The Balaban J connectivity index is 1.97. The molecule has 2 nitrogen and oxygen atoms in total. The summed E-state index contributed by atoms with van der Waals surface area (Å²) in [6.45, 7) is 0. The predicted octanol–water partition coefficient (Wildman–Crippen LogP) is 4.47. The molecule has 0 spiro atoms. The van der Waals surface area contributed by atoms with Crippen LogP contribution in [0.5, 0.6) is 0 Å². The highest BCUT2D eigenvalue weighted by Crippen LogP contribution is 2.33. The number of rotatable bonds is 3. The van der Waals surface area contributed by atoms with Crippen molar-refractivity contribution in [2.75, 3.05) is 0 Å². The summed E-state index contributed by atoms with van der Waals surface area (Å²) in [7, 11) is 0. The Bertz CT molecular complexity index is 483. The molecule has 0 unspecified atom stereocenters. The Morgan fingerprint density at radius 2 is 2.24 bits per heavy atom. The predicted molar refractivity (Wildman–Crippen MR) is 72.6 cm³/mol. The number of thiophene rings is 1. The van der Waals surface area contributed by atoms with Gasteiger partial charge in [0.25, 0.3) is 0 Å². The van der Waals surface area contributed by atoms with Gasteiger partial charge in [-0.3, -0.25) is 4.68 Å². The molecule has 0 aliphatic heterocycles. The van der Waals surface area contributed by atoms with Crippen molar-refractivity contribution in [2.24, 2.45) is 0 Å². The van der Waals surface area contributed by atoms with Crippen LogP contribution in [0.25, 0.3) is 10.6 Å². The normalized spacial score (nSPS) is 16.8. The van der Waals surface area contributed by atoms with Gasteiger partial charge in [-0.1, -0.05) is 18.9 Å². The fraction of sp³-hybridized carbons (Fsp3) is 0.462. The van der Waals surface area contributed by atoms with Crippen LogP contribution < -0.4 is 0 Å². The van der Waals surface area contributed by atoms with Gasteiger partial charge in [-0.05, 0) is 30.4 Å². The summed E-state index contributed by atoms with van der Waals surface area (Å²) in [6, 6.07) is 6.88. The Kier molecular flexibility index (Phi) is 3.21.